The van der Waals surface area contributed by atoms with Crippen molar-refractivity contribution in [2.24, 2.45) is 0 Å². The van der Waals surface area contributed by atoms with E-state index in [1.807, 2.05) is 0 Å². The third-order valence-electron chi connectivity index (χ3n) is 3.28. The molecule has 0 aliphatic rings. The molecule has 2 aromatic rings. The molecule has 1 amide bonds. The standard InChI is InChI=1S/C17H17F2NO4/c1-22-14-8-5-12(15(9-14)23-2)10-20-16(21)11-3-6-13(7-4-11)24-17(18)19/h3-9,17H,10H2,1-2H3,(H,20,21). The van der Waals surface area contributed by atoms with Crippen molar-refractivity contribution in [2.45, 2.75) is 13.2 Å². The second-order valence-corrected chi connectivity index (χ2v) is 4.76. The van der Waals surface area contributed by atoms with Crippen LogP contribution in [0.2, 0.25) is 0 Å². The molecule has 0 aliphatic heterocycles. The molecule has 0 saturated carbocycles. The minimum atomic E-state index is -2.90. The number of rotatable bonds is 7. The van der Waals surface area contributed by atoms with Crippen molar-refractivity contribution in [1.29, 1.82) is 0 Å². The maximum Gasteiger partial charge on any atom is 0.387 e. The summed E-state index contributed by atoms with van der Waals surface area (Å²) >= 11 is 0. The lowest BCUT2D eigenvalue weighted by molar-refractivity contribution is -0.0498. The van der Waals surface area contributed by atoms with E-state index in [-0.39, 0.29) is 18.2 Å². The van der Waals surface area contributed by atoms with Crippen LogP contribution in [-0.4, -0.2) is 26.7 Å². The Balaban J connectivity index is 2.00. The Bertz CT molecular complexity index is 689. The second kappa shape index (κ2) is 8.14. The molecule has 0 radical (unpaired) electrons. The number of hydrogen-bond acceptors (Lipinski definition) is 4. The Kier molecular flexibility index (Phi) is 5.95. The molecule has 2 rings (SSSR count). The monoisotopic (exact) mass is 337 g/mol. The molecule has 0 saturated heterocycles. The molecule has 128 valence electrons. The van der Waals surface area contributed by atoms with Gasteiger partial charge in [0.25, 0.3) is 5.91 Å². The summed E-state index contributed by atoms with van der Waals surface area (Å²) in [7, 11) is 3.08. The number of benzene rings is 2. The van der Waals surface area contributed by atoms with Gasteiger partial charge in [0.2, 0.25) is 0 Å². The highest BCUT2D eigenvalue weighted by molar-refractivity contribution is 5.94. The Morgan fingerprint density at radius 1 is 1.04 bits per heavy atom. The third kappa shape index (κ3) is 4.58. The molecule has 7 heteroatoms. The van der Waals surface area contributed by atoms with Crippen molar-refractivity contribution < 1.29 is 27.8 Å². The van der Waals surface area contributed by atoms with Crippen molar-refractivity contribution in [3.05, 3.63) is 53.6 Å². The lowest BCUT2D eigenvalue weighted by Crippen LogP contribution is -2.23. The highest BCUT2D eigenvalue weighted by Crippen LogP contribution is 2.24. The summed E-state index contributed by atoms with van der Waals surface area (Å²) in [5.41, 5.74) is 1.12. The molecule has 0 fully saturated rings. The zero-order valence-corrected chi connectivity index (χ0v) is 13.2. The van der Waals surface area contributed by atoms with E-state index >= 15 is 0 Å². The van der Waals surface area contributed by atoms with Crippen molar-refractivity contribution in [3.8, 4) is 17.2 Å². The van der Waals surface area contributed by atoms with Gasteiger partial charge >= 0.3 is 6.61 Å². The molecule has 24 heavy (non-hydrogen) atoms. The van der Waals surface area contributed by atoms with Crippen molar-refractivity contribution in [1.82, 2.24) is 5.32 Å². The average molecular weight is 337 g/mol. The molecule has 0 spiro atoms. The summed E-state index contributed by atoms with van der Waals surface area (Å²) in [5, 5.41) is 2.74. The van der Waals surface area contributed by atoms with Gasteiger partial charge in [0.15, 0.2) is 0 Å². The van der Waals surface area contributed by atoms with Crippen LogP contribution >= 0.6 is 0 Å². The van der Waals surface area contributed by atoms with Gasteiger partial charge in [-0.05, 0) is 36.4 Å². The molecule has 0 aromatic heterocycles. The second-order valence-electron chi connectivity index (χ2n) is 4.76. The number of alkyl halides is 2. The fourth-order valence-electron chi connectivity index (χ4n) is 2.06. The topological polar surface area (TPSA) is 56.8 Å². The zero-order valence-electron chi connectivity index (χ0n) is 13.2. The number of methoxy groups -OCH3 is 2. The normalized spacial score (nSPS) is 10.4. The van der Waals surface area contributed by atoms with E-state index in [2.05, 4.69) is 10.1 Å². The molecular weight excluding hydrogens is 320 g/mol. The van der Waals surface area contributed by atoms with E-state index in [9.17, 15) is 13.6 Å². The lowest BCUT2D eigenvalue weighted by atomic mass is 10.1. The van der Waals surface area contributed by atoms with Gasteiger partial charge in [-0.15, -0.1) is 0 Å². The van der Waals surface area contributed by atoms with Crippen LogP contribution in [0, 0.1) is 0 Å². The molecule has 5 nitrogen and oxygen atoms in total. The van der Waals surface area contributed by atoms with Crippen LogP contribution < -0.4 is 19.5 Å². The summed E-state index contributed by atoms with van der Waals surface area (Å²) in [6.45, 7) is -2.64. The minimum absolute atomic E-state index is 0.00151. The number of halogens is 2. The van der Waals surface area contributed by atoms with Crippen LogP contribution in [0.3, 0.4) is 0 Å². The SMILES string of the molecule is COc1ccc(CNC(=O)c2ccc(OC(F)F)cc2)c(OC)c1. The quantitative estimate of drug-likeness (QED) is 0.843. The Morgan fingerprint density at radius 3 is 2.29 bits per heavy atom. The van der Waals surface area contributed by atoms with Crippen LogP contribution in [0.5, 0.6) is 17.2 Å². The van der Waals surface area contributed by atoms with Crippen LogP contribution in [0.25, 0.3) is 0 Å². The summed E-state index contributed by atoms with van der Waals surface area (Å²) in [6.07, 6.45) is 0. The molecule has 0 unspecified atom stereocenters. The van der Waals surface area contributed by atoms with Crippen LogP contribution in [-0.2, 0) is 6.54 Å². The number of nitrogens with one attached hydrogen (secondary N) is 1. The van der Waals surface area contributed by atoms with Gasteiger partial charge in [0.05, 0.1) is 14.2 Å². The van der Waals surface area contributed by atoms with E-state index < -0.39 is 6.61 Å². The molecule has 0 atom stereocenters. The van der Waals surface area contributed by atoms with Gasteiger partial charge in [-0.2, -0.15) is 8.78 Å². The minimum Gasteiger partial charge on any atom is -0.497 e. The first-order chi connectivity index (χ1) is 11.5. The van der Waals surface area contributed by atoms with E-state index in [1.54, 1.807) is 25.3 Å². The first-order valence-electron chi connectivity index (χ1n) is 7.07. The predicted molar refractivity (Wildman–Crippen MR) is 83.8 cm³/mol. The van der Waals surface area contributed by atoms with Crippen molar-refractivity contribution in [2.75, 3.05) is 14.2 Å². The maximum absolute atomic E-state index is 12.1. The number of carbonyl (C=O) groups excluding carboxylic acids is 1. The summed E-state index contributed by atoms with van der Waals surface area (Å²) in [5.74, 6) is 0.904. The highest BCUT2D eigenvalue weighted by atomic mass is 19.3. The molecule has 0 aliphatic carbocycles. The van der Waals surface area contributed by atoms with Crippen molar-refractivity contribution >= 4 is 5.91 Å². The first kappa shape index (κ1) is 17.5. The largest absolute Gasteiger partial charge is 0.497 e. The molecule has 1 N–H and O–H groups in total. The predicted octanol–water partition coefficient (Wildman–Crippen LogP) is 3.24. The summed E-state index contributed by atoms with van der Waals surface area (Å²) in [4.78, 5) is 12.1. The lowest BCUT2D eigenvalue weighted by Gasteiger charge is -2.11. The fraction of sp³-hybridized carbons (Fsp3) is 0.235. The third-order valence-corrected chi connectivity index (χ3v) is 3.28. The number of amides is 1. The molecule has 0 bridgehead atoms. The molecule has 0 heterocycles. The Morgan fingerprint density at radius 2 is 1.71 bits per heavy atom. The number of ether oxygens (including phenoxy) is 3. The van der Waals surface area contributed by atoms with Gasteiger partial charge < -0.3 is 19.5 Å². The van der Waals surface area contributed by atoms with E-state index in [4.69, 9.17) is 9.47 Å². The van der Waals surface area contributed by atoms with E-state index in [0.717, 1.165) is 5.56 Å². The van der Waals surface area contributed by atoms with Crippen LogP contribution in [0.1, 0.15) is 15.9 Å². The average Bonchev–Trinajstić information content (AvgIpc) is 2.59. The van der Waals surface area contributed by atoms with E-state index in [0.29, 0.717) is 17.1 Å². The Hall–Kier alpha value is -2.83. The van der Waals surface area contributed by atoms with Gasteiger partial charge in [0.1, 0.15) is 17.2 Å². The first-order valence-corrected chi connectivity index (χ1v) is 7.07. The van der Waals surface area contributed by atoms with Gasteiger partial charge in [-0.1, -0.05) is 0 Å². The smallest absolute Gasteiger partial charge is 0.387 e. The zero-order chi connectivity index (χ0) is 17.5. The number of carbonyl (C=O) groups is 1. The van der Waals surface area contributed by atoms with Gasteiger partial charge in [-0.3, -0.25) is 4.79 Å². The molecular formula is C17H17F2NO4. The maximum atomic E-state index is 12.1. The van der Waals surface area contributed by atoms with Crippen LogP contribution in [0.4, 0.5) is 8.78 Å². The number of hydrogen-bond donors (Lipinski definition) is 1. The van der Waals surface area contributed by atoms with E-state index in [1.165, 1.54) is 31.4 Å². The van der Waals surface area contributed by atoms with Gasteiger partial charge in [0, 0.05) is 23.7 Å². The Labute approximate surface area is 138 Å². The van der Waals surface area contributed by atoms with Crippen molar-refractivity contribution in [3.63, 3.8) is 0 Å². The molecule has 2 aromatic carbocycles. The van der Waals surface area contributed by atoms with Gasteiger partial charge in [-0.25, -0.2) is 0 Å². The fourth-order valence-corrected chi connectivity index (χ4v) is 2.06. The highest BCUT2D eigenvalue weighted by Gasteiger charge is 2.10. The summed E-state index contributed by atoms with van der Waals surface area (Å²) in [6, 6.07) is 10.7. The van der Waals surface area contributed by atoms with Crippen LogP contribution in [0.15, 0.2) is 42.5 Å². The summed E-state index contributed by atoms with van der Waals surface area (Å²) < 4.78 is 38.8.